The predicted molar refractivity (Wildman–Crippen MR) is 58.5 cm³/mol. The molecule has 88 valence electrons. The second-order valence-electron chi connectivity index (χ2n) is 3.92. The Morgan fingerprint density at radius 2 is 2.56 bits per heavy atom. The lowest BCUT2D eigenvalue weighted by Crippen LogP contribution is -2.26. The molecule has 1 saturated heterocycles. The Bertz CT molecular complexity index is 375. The summed E-state index contributed by atoms with van der Waals surface area (Å²) in [6.45, 7) is 5.17. The fraction of sp³-hybridized carbons (Fsp3) is 0.636. The van der Waals surface area contributed by atoms with Crippen molar-refractivity contribution in [3.8, 4) is 0 Å². The van der Waals surface area contributed by atoms with Crippen molar-refractivity contribution in [1.29, 1.82) is 0 Å². The highest BCUT2D eigenvalue weighted by Crippen LogP contribution is 2.24. The van der Waals surface area contributed by atoms with Gasteiger partial charge in [0.25, 0.3) is 6.01 Å². The number of carbonyl (C=O) groups is 1. The Hall–Kier alpha value is -1.52. The topological polar surface area (TPSA) is 55.6 Å². The van der Waals surface area contributed by atoms with Gasteiger partial charge in [-0.1, -0.05) is 0 Å². The summed E-state index contributed by atoms with van der Waals surface area (Å²) < 4.78 is 10.2. The molecule has 1 aromatic heterocycles. The van der Waals surface area contributed by atoms with Gasteiger partial charge in [-0.3, -0.25) is 0 Å². The van der Waals surface area contributed by atoms with E-state index in [1.807, 2.05) is 0 Å². The minimum absolute atomic E-state index is 0.246. The van der Waals surface area contributed by atoms with Gasteiger partial charge in [-0.2, -0.15) is 4.98 Å². The van der Waals surface area contributed by atoms with E-state index in [1.54, 1.807) is 6.92 Å². The van der Waals surface area contributed by atoms with Crippen molar-refractivity contribution in [2.75, 3.05) is 18.1 Å². The van der Waals surface area contributed by atoms with E-state index in [4.69, 9.17) is 9.15 Å². The molecule has 0 bridgehead atoms. The first-order chi connectivity index (χ1) is 7.72. The van der Waals surface area contributed by atoms with Crippen LogP contribution in [0.5, 0.6) is 0 Å². The average Bonchev–Trinajstić information content (AvgIpc) is 2.86. The summed E-state index contributed by atoms with van der Waals surface area (Å²) in [7, 11) is 0. The van der Waals surface area contributed by atoms with E-state index in [1.165, 1.54) is 6.26 Å². The van der Waals surface area contributed by atoms with Crippen LogP contribution in [0.2, 0.25) is 0 Å². The minimum atomic E-state index is -0.427. The number of anilines is 1. The Kier molecular flexibility index (Phi) is 3.12. The molecule has 0 aliphatic carbocycles. The lowest BCUT2D eigenvalue weighted by Gasteiger charge is -2.18. The number of hydrogen-bond acceptors (Lipinski definition) is 5. The molecule has 5 heteroatoms. The number of ether oxygens (including phenoxy) is 1. The fourth-order valence-electron chi connectivity index (χ4n) is 1.91. The maximum Gasteiger partial charge on any atom is 0.360 e. The van der Waals surface area contributed by atoms with Gasteiger partial charge < -0.3 is 14.1 Å². The second-order valence-corrected chi connectivity index (χ2v) is 3.92. The highest BCUT2D eigenvalue weighted by atomic mass is 16.5. The lowest BCUT2D eigenvalue weighted by atomic mass is 10.2. The van der Waals surface area contributed by atoms with Crippen LogP contribution in [0.3, 0.4) is 0 Å². The Morgan fingerprint density at radius 3 is 3.19 bits per heavy atom. The van der Waals surface area contributed by atoms with Gasteiger partial charge in [0.1, 0.15) is 6.26 Å². The van der Waals surface area contributed by atoms with Crippen LogP contribution in [-0.4, -0.2) is 30.1 Å². The highest BCUT2D eigenvalue weighted by Gasteiger charge is 2.25. The van der Waals surface area contributed by atoms with Crippen molar-refractivity contribution in [3.05, 3.63) is 12.0 Å². The molecular weight excluding hydrogens is 208 g/mol. The number of esters is 1. The molecule has 1 atom stereocenters. The van der Waals surface area contributed by atoms with Crippen molar-refractivity contribution in [2.24, 2.45) is 0 Å². The SMILES string of the molecule is CCOC(=O)c1coc(N2CCCC2C)n1. The molecule has 1 unspecified atom stereocenters. The molecule has 0 N–H and O–H groups in total. The normalized spacial score (nSPS) is 20.1. The standard InChI is InChI=1S/C11H16N2O3/c1-3-15-10(14)9-7-16-11(12-9)13-6-4-5-8(13)2/h7-8H,3-6H2,1-2H3. The molecule has 0 saturated carbocycles. The Balaban J connectivity index is 2.10. The largest absolute Gasteiger partial charge is 0.461 e. The summed E-state index contributed by atoms with van der Waals surface area (Å²) in [6.07, 6.45) is 3.63. The van der Waals surface area contributed by atoms with E-state index in [0.717, 1.165) is 19.4 Å². The second kappa shape index (κ2) is 4.55. The van der Waals surface area contributed by atoms with E-state index < -0.39 is 5.97 Å². The number of oxazole rings is 1. The molecule has 0 spiro atoms. The molecule has 1 aliphatic rings. The van der Waals surface area contributed by atoms with E-state index in [9.17, 15) is 4.79 Å². The third kappa shape index (κ3) is 2.03. The van der Waals surface area contributed by atoms with Crippen LogP contribution in [0.25, 0.3) is 0 Å². The van der Waals surface area contributed by atoms with E-state index in [2.05, 4.69) is 16.8 Å². The first-order valence-electron chi connectivity index (χ1n) is 5.61. The van der Waals surface area contributed by atoms with Gasteiger partial charge in [-0.05, 0) is 26.7 Å². The molecule has 5 nitrogen and oxygen atoms in total. The summed E-state index contributed by atoms with van der Waals surface area (Å²) >= 11 is 0. The summed E-state index contributed by atoms with van der Waals surface area (Å²) in [6, 6.07) is 0.946. The van der Waals surface area contributed by atoms with Gasteiger partial charge in [-0.15, -0.1) is 0 Å². The Morgan fingerprint density at radius 1 is 1.75 bits per heavy atom. The first kappa shape index (κ1) is 11.0. The number of rotatable bonds is 3. The van der Waals surface area contributed by atoms with Crippen LogP contribution in [0.4, 0.5) is 6.01 Å². The maximum atomic E-state index is 11.4. The number of nitrogens with zero attached hydrogens (tertiary/aromatic N) is 2. The molecule has 2 rings (SSSR count). The molecular formula is C11H16N2O3. The van der Waals surface area contributed by atoms with E-state index in [-0.39, 0.29) is 5.69 Å². The van der Waals surface area contributed by atoms with Crippen LogP contribution in [0.1, 0.15) is 37.2 Å². The molecule has 0 aromatic carbocycles. The predicted octanol–water partition coefficient (Wildman–Crippen LogP) is 1.84. The molecule has 2 heterocycles. The smallest absolute Gasteiger partial charge is 0.360 e. The maximum absolute atomic E-state index is 11.4. The number of aromatic nitrogens is 1. The number of carbonyl (C=O) groups excluding carboxylic acids is 1. The summed E-state index contributed by atoms with van der Waals surface area (Å²) in [5, 5.41) is 0. The van der Waals surface area contributed by atoms with Crippen molar-refractivity contribution >= 4 is 12.0 Å². The number of hydrogen-bond donors (Lipinski definition) is 0. The monoisotopic (exact) mass is 224 g/mol. The van der Waals surface area contributed by atoms with Gasteiger partial charge in [0.2, 0.25) is 0 Å². The van der Waals surface area contributed by atoms with Crippen LogP contribution >= 0.6 is 0 Å². The van der Waals surface area contributed by atoms with Gasteiger partial charge in [0, 0.05) is 12.6 Å². The van der Waals surface area contributed by atoms with Gasteiger partial charge in [0.15, 0.2) is 5.69 Å². The van der Waals surface area contributed by atoms with Crippen LogP contribution in [-0.2, 0) is 4.74 Å². The summed E-state index contributed by atoms with van der Waals surface area (Å²) in [5.74, 6) is -0.427. The zero-order chi connectivity index (χ0) is 11.5. The zero-order valence-corrected chi connectivity index (χ0v) is 9.60. The Labute approximate surface area is 94.4 Å². The average molecular weight is 224 g/mol. The molecule has 1 fully saturated rings. The quantitative estimate of drug-likeness (QED) is 0.733. The van der Waals surface area contributed by atoms with Crippen LogP contribution in [0, 0.1) is 0 Å². The van der Waals surface area contributed by atoms with Crippen LogP contribution < -0.4 is 4.90 Å². The summed E-state index contributed by atoms with van der Waals surface area (Å²) in [5.41, 5.74) is 0.246. The van der Waals surface area contributed by atoms with Crippen LogP contribution in [0.15, 0.2) is 10.7 Å². The van der Waals surface area contributed by atoms with E-state index >= 15 is 0 Å². The third-order valence-corrected chi connectivity index (χ3v) is 2.78. The minimum Gasteiger partial charge on any atom is -0.461 e. The van der Waals surface area contributed by atoms with Crippen molar-refractivity contribution < 1.29 is 13.9 Å². The molecule has 1 aromatic rings. The molecule has 0 amide bonds. The van der Waals surface area contributed by atoms with Crippen molar-refractivity contribution in [1.82, 2.24) is 4.98 Å². The first-order valence-corrected chi connectivity index (χ1v) is 5.61. The lowest BCUT2D eigenvalue weighted by molar-refractivity contribution is 0.0519. The van der Waals surface area contributed by atoms with E-state index in [0.29, 0.717) is 18.7 Å². The molecule has 1 aliphatic heterocycles. The van der Waals surface area contributed by atoms with Gasteiger partial charge in [0.05, 0.1) is 6.61 Å². The van der Waals surface area contributed by atoms with Gasteiger partial charge >= 0.3 is 5.97 Å². The van der Waals surface area contributed by atoms with Gasteiger partial charge in [-0.25, -0.2) is 4.79 Å². The fourth-order valence-corrected chi connectivity index (χ4v) is 1.91. The highest BCUT2D eigenvalue weighted by molar-refractivity contribution is 5.87. The van der Waals surface area contributed by atoms with Crippen molar-refractivity contribution in [2.45, 2.75) is 32.7 Å². The summed E-state index contributed by atoms with van der Waals surface area (Å²) in [4.78, 5) is 17.6. The molecule has 0 radical (unpaired) electrons. The van der Waals surface area contributed by atoms with Crippen molar-refractivity contribution in [3.63, 3.8) is 0 Å². The molecule has 16 heavy (non-hydrogen) atoms. The zero-order valence-electron chi connectivity index (χ0n) is 9.60. The third-order valence-electron chi connectivity index (χ3n) is 2.78.